The number of aliphatic imine (C=N–C) groups is 4. The van der Waals surface area contributed by atoms with Gasteiger partial charge in [-0.3, -0.25) is 4.99 Å². The maximum absolute atomic E-state index is 4.05. The van der Waals surface area contributed by atoms with E-state index in [0.29, 0.717) is 5.84 Å². The van der Waals surface area contributed by atoms with Crippen LogP contribution in [0.25, 0.3) is 0 Å². The molecule has 0 unspecified atom stereocenters. The molecule has 0 bridgehead atoms. The minimum atomic E-state index is 0.674. The van der Waals surface area contributed by atoms with Crippen molar-refractivity contribution in [2.75, 3.05) is 0 Å². The summed E-state index contributed by atoms with van der Waals surface area (Å²) >= 11 is 0. The standard InChI is InChI=1S/C6H5N4/c1-4-7-2-5-6(10-4)9-3-8-5/h2-3H,1H3. The van der Waals surface area contributed by atoms with Gasteiger partial charge in [0.1, 0.15) is 12.1 Å². The summed E-state index contributed by atoms with van der Waals surface area (Å²) in [5, 5.41) is 0. The summed E-state index contributed by atoms with van der Waals surface area (Å²) < 4.78 is 0. The Morgan fingerprint density at radius 1 is 1.30 bits per heavy atom. The van der Waals surface area contributed by atoms with E-state index in [2.05, 4.69) is 20.0 Å². The lowest BCUT2D eigenvalue weighted by atomic mass is 10.3. The molecular formula is C6H5N4. The summed E-state index contributed by atoms with van der Waals surface area (Å²) in [7, 11) is 0. The molecule has 49 valence electrons. The van der Waals surface area contributed by atoms with E-state index in [-0.39, 0.29) is 0 Å². The van der Waals surface area contributed by atoms with Gasteiger partial charge >= 0.3 is 0 Å². The van der Waals surface area contributed by atoms with E-state index < -0.39 is 0 Å². The molecule has 2 aliphatic rings. The zero-order valence-electron chi connectivity index (χ0n) is 5.44. The molecule has 4 nitrogen and oxygen atoms in total. The molecule has 2 rings (SSSR count). The Labute approximate surface area is 58.1 Å². The predicted octanol–water partition coefficient (Wildman–Crippen LogP) is 0.462. The third-order valence-electron chi connectivity index (χ3n) is 1.25. The van der Waals surface area contributed by atoms with E-state index in [1.807, 2.05) is 6.92 Å². The van der Waals surface area contributed by atoms with Crippen LogP contribution in [0.2, 0.25) is 0 Å². The first-order valence-corrected chi connectivity index (χ1v) is 2.93. The molecule has 0 aromatic rings. The second-order valence-corrected chi connectivity index (χ2v) is 2.00. The highest BCUT2D eigenvalue weighted by atomic mass is 15.1. The molecule has 0 aliphatic carbocycles. The molecule has 0 spiro atoms. The lowest BCUT2D eigenvalue weighted by Gasteiger charge is -2.03. The van der Waals surface area contributed by atoms with Gasteiger partial charge in [-0.05, 0) is 6.92 Å². The van der Waals surface area contributed by atoms with Crippen LogP contribution >= 0.6 is 0 Å². The van der Waals surface area contributed by atoms with Gasteiger partial charge in [0.05, 0.1) is 6.21 Å². The monoisotopic (exact) mass is 133 g/mol. The molecule has 2 aliphatic heterocycles. The average molecular weight is 133 g/mol. The lowest BCUT2D eigenvalue weighted by Crippen LogP contribution is -2.15. The SMILES string of the molecule is C[C]1N=CC2=NC=NC2=N1. The summed E-state index contributed by atoms with van der Waals surface area (Å²) in [4.78, 5) is 15.9. The third kappa shape index (κ3) is 0.689. The van der Waals surface area contributed by atoms with E-state index in [0.717, 1.165) is 11.9 Å². The first kappa shape index (κ1) is 5.46. The van der Waals surface area contributed by atoms with Crippen LogP contribution in [0.15, 0.2) is 20.0 Å². The van der Waals surface area contributed by atoms with Crippen molar-refractivity contribution in [1.82, 2.24) is 0 Å². The average Bonchev–Trinajstić information content (AvgIpc) is 2.33. The molecule has 0 saturated heterocycles. The Hall–Kier alpha value is -1.32. The minimum absolute atomic E-state index is 0.674. The summed E-state index contributed by atoms with van der Waals surface area (Å²) in [6.45, 7) is 1.83. The molecule has 1 radical (unpaired) electrons. The zero-order chi connectivity index (χ0) is 6.97. The van der Waals surface area contributed by atoms with Gasteiger partial charge in [0.2, 0.25) is 0 Å². The first-order valence-electron chi connectivity index (χ1n) is 2.93. The van der Waals surface area contributed by atoms with Crippen LogP contribution < -0.4 is 0 Å². The molecular weight excluding hydrogens is 128 g/mol. The zero-order valence-corrected chi connectivity index (χ0v) is 5.44. The van der Waals surface area contributed by atoms with Crippen LogP contribution in [0.3, 0.4) is 0 Å². The van der Waals surface area contributed by atoms with Crippen LogP contribution in [-0.4, -0.2) is 24.1 Å². The second kappa shape index (κ2) is 1.83. The highest BCUT2D eigenvalue weighted by molar-refractivity contribution is 6.65. The van der Waals surface area contributed by atoms with Crippen LogP contribution in [0.5, 0.6) is 0 Å². The smallest absolute Gasteiger partial charge is 0.194 e. The van der Waals surface area contributed by atoms with E-state index in [1.54, 1.807) is 6.21 Å². The second-order valence-electron chi connectivity index (χ2n) is 2.00. The van der Waals surface area contributed by atoms with E-state index in [1.165, 1.54) is 6.34 Å². The van der Waals surface area contributed by atoms with Crippen molar-refractivity contribution in [2.45, 2.75) is 6.92 Å². The fourth-order valence-corrected chi connectivity index (χ4v) is 0.784. The molecule has 10 heavy (non-hydrogen) atoms. The van der Waals surface area contributed by atoms with Crippen molar-refractivity contribution >= 4 is 24.1 Å². The Bertz CT molecular complexity index is 271. The summed E-state index contributed by atoms with van der Waals surface area (Å²) in [6, 6.07) is 0. The summed E-state index contributed by atoms with van der Waals surface area (Å²) in [5.74, 6) is 0.674. The maximum Gasteiger partial charge on any atom is 0.194 e. The minimum Gasteiger partial charge on any atom is -0.256 e. The van der Waals surface area contributed by atoms with Crippen LogP contribution in [0.4, 0.5) is 0 Å². The van der Waals surface area contributed by atoms with Gasteiger partial charge < -0.3 is 0 Å². The summed E-state index contributed by atoms with van der Waals surface area (Å²) in [6.07, 6.45) is 3.89. The maximum atomic E-state index is 4.05. The van der Waals surface area contributed by atoms with Gasteiger partial charge in [-0.1, -0.05) is 0 Å². The normalized spacial score (nSPS) is 22.5. The fourth-order valence-electron chi connectivity index (χ4n) is 0.784. The van der Waals surface area contributed by atoms with Gasteiger partial charge in [0, 0.05) is 0 Å². The predicted molar refractivity (Wildman–Crippen MR) is 40.8 cm³/mol. The molecule has 0 atom stereocenters. The van der Waals surface area contributed by atoms with Gasteiger partial charge in [0.15, 0.2) is 12.0 Å². The highest BCUT2D eigenvalue weighted by Crippen LogP contribution is 2.09. The number of nitrogens with zero attached hydrogens (tertiary/aromatic N) is 4. The van der Waals surface area contributed by atoms with Crippen molar-refractivity contribution in [3.8, 4) is 0 Å². The number of amidine groups is 1. The Balaban J connectivity index is 2.41. The largest absolute Gasteiger partial charge is 0.256 e. The molecule has 4 heteroatoms. The number of fused-ring (bicyclic) bond motifs is 1. The van der Waals surface area contributed by atoms with Crippen molar-refractivity contribution in [1.29, 1.82) is 0 Å². The van der Waals surface area contributed by atoms with Crippen molar-refractivity contribution in [3.05, 3.63) is 6.17 Å². The van der Waals surface area contributed by atoms with Crippen LogP contribution in [0, 0.1) is 6.17 Å². The Kier molecular flexibility index (Phi) is 1.00. The molecule has 0 aromatic heterocycles. The van der Waals surface area contributed by atoms with Crippen LogP contribution in [0.1, 0.15) is 6.92 Å². The quantitative estimate of drug-likeness (QED) is 0.461. The third-order valence-corrected chi connectivity index (χ3v) is 1.25. The molecule has 0 aromatic carbocycles. The van der Waals surface area contributed by atoms with Gasteiger partial charge in [-0.25, -0.2) is 15.0 Å². The van der Waals surface area contributed by atoms with E-state index in [9.17, 15) is 0 Å². The van der Waals surface area contributed by atoms with Gasteiger partial charge in [-0.2, -0.15) is 0 Å². The molecule has 2 heterocycles. The molecule has 0 saturated carbocycles. The summed E-state index contributed by atoms with van der Waals surface area (Å²) in [5.41, 5.74) is 0.755. The number of hydrogen-bond acceptors (Lipinski definition) is 4. The molecule has 0 fully saturated rings. The molecule has 0 amide bonds. The fraction of sp³-hybridized carbons (Fsp3) is 0.167. The van der Waals surface area contributed by atoms with Gasteiger partial charge in [-0.15, -0.1) is 0 Å². The van der Waals surface area contributed by atoms with Crippen molar-refractivity contribution < 1.29 is 0 Å². The number of rotatable bonds is 0. The van der Waals surface area contributed by atoms with Crippen molar-refractivity contribution in [3.63, 3.8) is 0 Å². The Morgan fingerprint density at radius 3 is 3.10 bits per heavy atom. The topological polar surface area (TPSA) is 49.4 Å². The van der Waals surface area contributed by atoms with Crippen molar-refractivity contribution in [2.24, 2.45) is 20.0 Å². The number of hydrogen-bond donors (Lipinski definition) is 0. The van der Waals surface area contributed by atoms with E-state index in [4.69, 9.17) is 0 Å². The molecule has 0 N–H and O–H groups in total. The van der Waals surface area contributed by atoms with Crippen LogP contribution in [-0.2, 0) is 0 Å². The first-order chi connectivity index (χ1) is 4.86. The highest BCUT2D eigenvalue weighted by Gasteiger charge is 2.15. The van der Waals surface area contributed by atoms with Gasteiger partial charge in [0.25, 0.3) is 0 Å². The lowest BCUT2D eigenvalue weighted by molar-refractivity contribution is 1.000. The Morgan fingerprint density at radius 2 is 2.20 bits per heavy atom. The van der Waals surface area contributed by atoms with E-state index >= 15 is 0 Å².